The first-order valence-corrected chi connectivity index (χ1v) is 4.57. The molecule has 0 saturated heterocycles. The van der Waals surface area contributed by atoms with Gasteiger partial charge in [0.2, 0.25) is 0 Å². The molecule has 0 radical (unpaired) electrons. The van der Waals surface area contributed by atoms with Gasteiger partial charge in [0, 0.05) is 13.2 Å². The zero-order valence-corrected chi connectivity index (χ0v) is 7.99. The number of aliphatic hydroxyl groups is 1. The fraction of sp³-hybridized carbons (Fsp3) is 0.857. The van der Waals surface area contributed by atoms with Crippen LogP contribution in [0.1, 0.15) is 25.7 Å². The molecule has 12 heavy (non-hydrogen) atoms. The van der Waals surface area contributed by atoms with Crippen molar-refractivity contribution in [3.05, 3.63) is 0 Å². The van der Waals surface area contributed by atoms with Gasteiger partial charge in [-0.2, -0.15) is 0 Å². The third-order valence-electron chi connectivity index (χ3n) is 1.50. The van der Waals surface area contributed by atoms with E-state index in [-0.39, 0.29) is 6.61 Å². The van der Waals surface area contributed by atoms with Crippen LogP contribution in [0.15, 0.2) is 0 Å². The minimum atomic E-state index is 0.288. The summed E-state index contributed by atoms with van der Waals surface area (Å²) in [6, 6.07) is 0. The third-order valence-corrected chi connectivity index (χ3v) is 1.76. The smallest absolute Gasteiger partial charge is 0.180 e. The summed E-state index contributed by atoms with van der Waals surface area (Å²) in [4.78, 5) is 0. The second kappa shape index (κ2) is 8.70. The van der Waals surface area contributed by atoms with Crippen molar-refractivity contribution in [2.75, 3.05) is 13.2 Å². The standard InChI is InChI=1S/C7H17N3OS/c8-10-7(12)9-5-3-1-2-4-6-11/h11H,1-6,8H2,(H2,9,10,12). The van der Waals surface area contributed by atoms with E-state index in [0.29, 0.717) is 5.11 Å². The Hall–Kier alpha value is -0.390. The van der Waals surface area contributed by atoms with E-state index in [4.69, 9.17) is 23.2 Å². The predicted octanol–water partition coefficient (Wildman–Crippen LogP) is -0.123. The van der Waals surface area contributed by atoms with Crippen molar-refractivity contribution < 1.29 is 5.11 Å². The molecule has 0 aliphatic carbocycles. The Morgan fingerprint density at radius 1 is 1.25 bits per heavy atom. The van der Waals surface area contributed by atoms with E-state index < -0.39 is 0 Å². The number of aliphatic hydroxyl groups excluding tert-OH is 1. The fourth-order valence-corrected chi connectivity index (χ4v) is 0.945. The largest absolute Gasteiger partial charge is 0.396 e. The van der Waals surface area contributed by atoms with Crippen molar-refractivity contribution in [3.8, 4) is 0 Å². The summed E-state index contributed by atoms with van der Waals surface area (Å²) in [5.41, 5.74) is 2.35. The van der Waals surface area contributed by atoms with E-state index in [1.54, 1.807) is 0 Å². The van der Waals surface area contributed by atoms with Crippen LogP contribution < -0.4 is 16.6 Å². The maximum Gasteiger partial charge on any atom is 0.180 e. The first-order chi connectivity index (χ1) is 5.81. The van der Waals surface area contributed by atoms with Crippen LogP contribution in [-0.4, -0.2) is 23.4 Å². The topological polar surface area (TPSA) is 70.3 Å². The van der Waals surface area contributed by atoms with Crippen molar-refractivity contribution in [2.24, 2.45) is 5.84 Å². The van der Waals surface area contributed by atoms with E-state index in [2.05, 4.69) is 10.7 Å². The summed E-state index contributed by atoms with van der Waals surface area (Å²) in [7, 11) is 0. The van der Waals surface area contributed by atoms with Gasteiger partial charge < -0.3 is 15.8 Å². The van der Waals surface area contributed by atoms with Gasteiger partial charge in [-0.1, -0.05) is 12.8 Å². The number of nitrogens with one attached hydrogen (secondary N) is 2. The van der Waals surface area contributed by atoms with Crippen LogP contribution in [-0.2, 0) is 0 Å². The summed E-state index contributed by atoms with van der Waals surface area (Å²) in [5, 5.41) is 11.9. The molecule has 0 unspecified atom stereocenters. The molecule has 0 aliphatic rings. The summed E-state index contributed by atoms with van der Waals surface area (Å²) < 4.78 is 0. The highest BCUT2D eigenvalue weighted by molar-refractivity contribution is 7.80. The van der Waals surface area contributed by atoms with Gasteiger partial charge in [-0.3, -0.25) is 0 Å². The first kappa shape index (κ1) is 11.6. The maximum atomic E-state index is 8.49. The molecule has 0 spiro atoms. The van der Waals surface area contributed by atoms with Crippen LogP contribution >= 0.6 is 12.2 Å². The number of hydrogen-bond donors (Lipinski definition) is 4. The van der Waals surface area contributed by atoms with Crippen LogP contribution in [0.2, 0.25) is 0 Å². The molecule has 0 aromatic rings. The normalized spacial score (nSPS) is 9.50. The minimum Gasteiger partial charge on any atom is -0.396 e. The zero-order chi connectivity index (χ0) is 9.23. The highest BCUT2D eigenvalue weighted by Gasteiger charge is 1.91. The van der Waals surface area contributed by atoms with Crippen LogP contribution in [0, 0.1) is 0 Å². The molecule has 5 heteroatoms. The SMILES string of the molecule is NNC(=S)NCCCCCCO. The summed E-state index contributed by atoms with van der Waals surface area (Å²) >= 11 is 4.77. The zero-order valence-electron chi connectivity index (χ0n) is 7.18. The Labute approximate surface area is 78.5 Å². The van der Waals surface area contributed by atoms with Crippen molar-refractivity contribution >= 4 is 17.3 Å². The molecule has 0 bridgehead atoms. The van der Waals surface area contributed by atoms with Gasteiger partial charge in [0.15, 0.2) is 5.11 Å². The second-order valence-electron chi connectivity index (χ2n) is 2.54. The summed E-state index contributed by atoms with van der Waals surface area (Å²) in [5.74, 6) is 5.05. The van der Waals surface area contributed by atoms with Crippen LogP contribution in [0.3, 0.4) is 0 Å². The van der Waals surface area contributed by atoms with E-state index >= 15 is 0 Å². The number of nitrogens with two attached hydrogens (primary N) is 1. The lowest BCUT2D eigenvalue weighted by atomic mass is 10.2. The number of rotatable bonds is 6. The minimum absolute atomic E-state index is 0.288. The highest BCUT2D eigenvalue weighted by atomic mass is 32.1. The summed E-state index contributed by atoms with van der Waals surface area (Å²) in [6.07, 6.45) is 4.13. The van der Waals surface area contributed by atoms with E-state index in [1.807, 2.05) is 0 Å². The Balaban J connectivity index is 2.95. The van der Waals surface area contributed by atoms with Crippen LogP contribution in [0.5, 0.6) is 0 Å². The van der Waals surface area contributed by atoms with Crippen LogP contribution in [0.4, 0.5) is 0 Å². The molecule has 0 aliphatic heterocycles. The lowest BCUT2D eigenvalue weighted by Crippen LogP contribution is -2.39. The molecule has 0 amide bonds. The van der Waals surface area contributed by atoms with Crippen molar-refractivity contribution in [1.82, 2.24) is 10.7 Å². The number of hydrogen-bond acceptors (Lipinski definition) is 3. The van der Waals surface area contributed by atoms with Crippen LogP contribution in [0.25, 0.3) is 0 Å². The van der Waals surface area contributed by atoms with Gasteiger partial charge in [0.25, 0.3) is 0 Å². The molecule has 0 rings (SSSR count). The van der Waals surface area contributed by atoms with Crippen molar-refractivity contribution in [1.29, 1.82) is 0 Å². The third kappa shape index (κ3) is 7.71. The maximum absolute atomic E-state index is 8.49. The molecule has 5 N–H and O–H groups in total. The van der Waals surface area contributed by atoms with Gasteiger partial charge in [0.05, 0.1) is 0 Å². The van der Waals surface area contributed by atoms with Gasteiger partial charge in [-0.25, -0.2) is 5.84 Å². The number of hydrazine groups is 1. The first-order valence-electron chi connectivity index (χ1n) is 4.16. The van der Waals surface area contributed by atoms with Gasteiger partial charge in [0.1, 0.15) is 0 Å². The molecule has 0 heterocycles. The van der Waals surface area contributed by atoms with Crippen molar-refractivity contribution in [2.45, 2.75) is 25.7 Å². The predicted molar refractivity (Wildman–Crippen MR) is 53.5 cm³/mol. The van der Waals surface area contributed by atoms with E-state index in [1.165, 1.54) is 0 Å². The monoisotopic (exact) mass is 191 g/mol. The molecule has 0 aromatic heterocycles. The second-order valence-corrected chi connectivity index (χ2v) is 2.95. The molecule has 0 aromatic carbocycles. The number of thiocarbonyl (C=S) groups is 1. The summed E-state index contributed by atoms with van der Waals surface area (Å²) in [6.45, 7) is 1.13. The van der Waals surface area contributed by atoms with E-state index in [9.17, 15) is 0 Å². The molecular weight excluding hydrogens is 174 g/mol. The Bertz CT molecular complexity index is 121. The Kier molecular flexibility index (Phi) is 8.42. The molecule has 72 valence electrons. The quantitative estimate of drug-likeness (QED) is 0.204. The van der Waals surface area contributed by atoms with Crippen molar-refractivity contribution in [3.63, 3.8) is 0 Å². The highest BCUT2D eigenvalue weighted by Crippen LogP contribution is 1.97. The average molecular weight is 191 g/mol. The Morgan fingerprint density at radius 3 is 2.50 bits per heavy atom. The molecular formula is C7H17N3OS. The average Bonchev–Trinajstić information content (AvgIpc) is 2.10. The lowest BCUT2D eigenvalue weighted by molar-refractivity contribution is 0.282. The van der Waals surface area contributed by atoms with Gasteiger partial charge >= 0.3 is 0 Å². The van der Waals surface area contributed by atoms with E-state index in [0.717, 1.165) is 32.2 Å². The molecule has 0 fully saturated rings. The fourth-order valence-electron chi connectivity index (χ4n) is 0.843. The Morgan fingerprint density at radius 2 is 1.92 bits per heavy atom. The van der Waals surface area contributed by atoms with Gasteiger partial charge in [-0.05, 0) is 25.1 Å². The molecule has 0 saturated carbocycles. The van der Waals surface area contributed by atoms with Gasteiger partial charge in [-0.15, -0.1) is 0 Å². The number of unbranched alkanes of at least 4 members (excludes halogenated alkanes) is 3. The molecule has 0 atom stereocenters. The molecule has 4 nitrogen and oxygen atoms in total. The lowest BCUT2D eigenvalue weighted by Gasteiger charge is -2.05.